The van der Waals surface area contributed by atoms with Gasteiger partial charge in [0, 0.05) is 17.8 Å². The van der Waals surface area contributed by atoms with Crippen molar-refractivity contribution < 1.29 is 24.1 Å². The van der Waals surface area contributed by atoms with Gasteiger partial charge >= 0.3 is 12.1 Å². The Labute approximate surface area is 182 Å². The molecule has 166 valence electrons. The number of aryl methyl sites for hydroxylation is 1. The van der Waals surface area contributed by atoms with Crippen molar-refractivity contribution in [3.8, 4) is 0 Å². The fourth-order valence-electron chi connectivity index (χ4n) is 3.30. The van der Waals surface area contributed by atoms with Crippen LogP contribution >= 0.6 is 0 Å². The highest BCUT2D eigenvalue weighted by atomic mass is 16.6. The average Bonchev–Trinajstić information content (AvgIpc) is 2.95. The summed E-state index contributed by atoms with van der Waals surface area (Å²) in [5.74, 6) is -1.58. The molecule has 1 fully saturated rings. The number of nitrogens with one attached hydrogen (secondary N) is 3. The van der Waals surface area contributed by atoms with Gasteiger partial charge in [-0.3, -0.25) is 29.9 Å². The molecule has 2 aromatic rings. The first-order valence-corrected chi connectivity index (χ1v) is 9.59. The number of nitro groups is 1. The Morgan fingerprint density at radius 1 is 1.12 bits per heavy atom. The Morgan fingerprint density at radius 3 is 2.41 bits per heavy atom. The van der Waals surface area contributed by atoms with Crippen molar-refractivity contribution in [3.63, 3.8) is 0 Å². The van der Waals surface area contributed by atoms with Crippen LogP contribution in [0.4, 0.5) is 21.0 Å². The van der Waals surface area contributed by atoms with E-state index in [0.29, 0.717) is 16.2 Å². The Bertz CT molecular complexity index is 1130. The molecular formula is C21H21N5O6. The number of urea groups is 2. The number of rotatable bonds is 5. The van der Waals surface area contributed by atoms with E-state index in [1.165, 1.54) is 31.2 Å². The van der Waals surface area contributed by atoms with Gasteiger partial charge in [-0.15, -0.1) is 0 Å². The molecule has 32 heavy (non-hydrogen) atoms. The van der Waals surface area contributed by atoms with Crippen LogP contribution in [0.1, 0.15) is 23.6 Å². The Balaban J connectivity index is 1.66. The number of carbonyl (C=O) groups excluding carboxylic acids is 4. The van der Waals surface area contributed by atoms with Gasteiger partial charge in [0.25, 0.3) is 11.6 Å². The van der Waals surface area contributed by atoms with Gasteiger partial charge in [-0.05, 0) is 55.7 Å². The zero-order valence-corrected chi connectivity index (χ0v) is 17.6. The van der Waals surface area contributed by atoms with Gasteiger partial charge in [0.05, 0.1) is 4.92 Å². The molecule has 0 aromatic heterocycles. The average molecular weight is 439 g/mol. The summed E-state index contributed by atoms with van der Waals surface area (Å²) in [7, 11) is 0. The van der Waals surface area contributed by atoms with Gasteiger partial charge < -0.3 is 10.6 Å². The molecule has 1 aliphatic rings. The standard InChI is InChI=1S/C21H21N5O6/c1-12-5-4-6-16(13(12)2)22-19(29)23-17(27)11-25-18(28)21(3,24-20(25)30)14-7-9-15(10-8-14)26(31)32/h4-10H,11H2,1-3H3,(H,24,30)(H2,22,23,27,29). The lowest BCUT2D eigenvalue weighted by Gasteiger charge is -2.22. The molecule has 1 saturated heterocycles. The Kier molecular flexibility index (Phi) is 5.92. The van der Waals surface area contributed by atoms with Crippen molar-refractivity contribution in [1.82, 2.24) is 15.5 Å². The fraction of sp³-hybridized carbons (Fsp3) is 0.238. The van der Waals surface area contributed by atoms with Gasteiger partial charge in [0.2, 0.25) is 5.91 Å². The Hall–Kier alpha value is -4.28. The molecule has 0 bridgehead atoms. The summed E-state index contributed by atoms with van der Waals surface area (Å²) in [6.45, 7) is 4.45. The maximum absolute atomic E-state index is 12.9. The zero-order valence-electron chi connectivity index (χ0n) is 17.6. The highest BCUT2D eigenvalue weighted by molar-refractivity contribution is 6.10. The molecule has 1 unspecified atom stereocenters. The predicted octanol–water partition coefficient (Wildman–Crippen LogP) is 2.33. The van der Waals surface area contributed by atoms with Gasteiger partial charge in [-0.1, -0.05) is 12.1 Å². The van der Waals surface area contributed by atoms with Crippen LogP contribution in [0.15, 0.2) is 42.5 Å². The summed E-state index contributed by atoms with van der Waals surface area (Å²) < 4.78 is 0. The highest BCUT2D eigenvalue weighted by Crippen LogP contribution is 2.29. The second-order valence-corrected chi connectivity index (χ2v) is 7.50. The van der Waals surface area contributed by atoms with Crippen LogP contribution in [0.2, 0.25) is 0 Å². The molecule has 0 radical (unpaired) electrons. The topological polar surface area (TPSA) is 151 Å². The molecule has 11 heteroatoms. The van der Waals surface area contributed by atoms with Crippen molar-refractivity contribution in [2.24, 2.45) is 0 Å². The third kappa shape index (κ3) is 4.26. The summed E-state index contributed by atoms with van der Waals surface area (Å²) in [6, 6.07) is 8.85. The van der Waals surface area contributed by atoms with Gasteiger partial charge in [0.1, 0.15) is 12.1 Å². The third-order valence-corrected chi connectivity index (χ3v) is 5.34. The van der Waals surface area contributed by atoms with Gasteiger partial charge in [0.15, 0.2) is 0 Å². The molecule has 0 spiro atoms. The minimum absolute atomic E-state index is 0.166. The monoisotopic (exact) mass is 439 g/mol. The molecule has 1 atom stereocenters. The van der Waals surface area contributed by atoms with Crippen LogP contribution < -0.4 is 16.0 Å². The van der Waals surface area contributed by atoms with E-state index >= 15 is 0 Å². The van der Waals surface area contributed by atoms with Crippen LogP contribution in [-0.2, 0) is 15.1 Å². The van der Waals surface area contributed by atoms with E-state index in [1.807, 2.05) is 19.9 Å². The Morgan fingerprint density at radius 2 is 1.78 bits per heavy atom. The van der Waals surface area contributed by atoms with E-state index in [1.54, 1.807) is 12.1 Å². The minimum Gasteiger partial charge on any atom is -0.319 e. The van der Waals surface area contributed by atoms with E-state index in [-0.39, 0.29) is 5.69 Å². The van der Waals surface area contributed by atoms with Crippen molar-refractivity contribution in [2.75, 3.05) is 11.9 Å². The molecule has 11 nitrogen and oxygen atoms in total. The second-order valence-electron chi connectivity index (χ2n) is 7.50. The smallest absolute Gasteiger partial charge is 0.319 e. The maximum atomic E-state index is 12.9. The van der Waals surface area contributed by atoms with Crippen LogP contribution in [0.25, 0.3) is 0 Å². The number of nitro benzene ring substituents is 1. The lowest BCUT2D eigenvalue weighted by atomic mass is 9.92. The SMILES string of the molecule is Cc1cccc(NC(=O)NC(=O)CN2C(=O)NC(C)(c3ccc([N+](=O)[O-])cc3)C2=O)c1C. The molecule has 3 rings (SSSR count). The number of anilines is 1. The molecule has 0 saturated carbocycles. The normalized spacial score (nSPS) is 17.7. The van der Waals surface area contributed by atoms with E-state index in [0.717, 1.165) is 11.1 Å². The van der Waals surface area contributed by atoms with Crippen molar-refractivity contribution >= 4 is 35.3 Å². The molecular weight excluding hydrogens is 418 g/mol. The fourth-order valence-corrected chi connectivity index (χ4v) is 3.30. The molecule has 2 aromatic carbocycles. The molecule has 0 aliphatic carbocycles. The van der Waals surface area contributed by atoms with Crippen molar-refractivity contribution in [2.45, 2.75) is 26.3 Å². The zero-order chi connectivity index (χ0) is 23.6. The number of amides is 6. The molecule has 1 heterocycles. The van der Waals surface area contributed by atoms with Crippen LogP contribution in [0, 0.1) is 24.0 Å². The number of hydrogen-bond acceptors (Lipinski definition) is 6. The number of benzene rings is 2. The first kappa shape index (κ1) is 22.4. The van der Waals surface area contributed by atoms with Crippen molar-refractivity contribution in [3.05, 3.63) is 69.3 Å². The predicted molar refractivity (Wildman–Crippen MR) is 114 cm³/mol. The summed E-state index contributed by atoms with van der Waals surface area (Å²) in [5, 5.41) is 18.0. The number of nitrogens with zero attached hydrogens (tertiary/aromatic N) is 2. The van der Waals surface area contributed by atoms with E-state index in [9.17, 15) is 29.3 Å². The summed E-state index contributed by atoms with van der Waals surface area (Å²) in [6.07, 6.45) is 0. The van der Waals surface area contributed by atoms with Crippen LogP contribution in [0.5, 0.6) is 0 Å². The van der Waals surface area contributed by atoms with E-state index in [2.05, 4.69) is 16.0 Å². The lowest BCUT2D eigenvalue weighted by Crippen LogP contribution is -2.45. The summed E-state index contributed by atoms with van der Waals surface area (Å²) >= 11 is 0. The van der Waals surface area contributed by atoms with Crippen LogP contribution in [0.3, 0.4) is 0 Å². The number of non-ortho nitro benzene ring substituents is 1. The second kappa shape index (κ2) is 8.46. The highest BCUT2D eigenvalue weighted by Gasteiger charge is 2.49. The summed E-state index contributed by atoms with van der Waals surface area (Å²) in [4.78, 5) is 60.6. The lowest BCUT2D eigenvalue weighted by molar-refractivity contribution is -0.384. The largest absolute Gasteiger partial charge is 0.325 e. The number of carbonyl (C=O) groups is 4. The summed E-state index contributed by atoms with van der Waals surface area (Å²) in [5.41, 5.74) is 0.961. The maximum Gasteiger partial charge on any atom is 0.325 e. The minimum atomic E-state index is -1.51. The molecule has 6 amide bonds. The van der Waals surface area contributed by atoms with Gasteiger partial charge in [-0.2, -0.15) is 0 Å². The first-order valence-electron chi connectivity index (χ1n) is 9.59. The van der Waals surface area contributed by atoms with Crippen LogP contribution in [-0.4, -0.2) is 40.2 Å². The van der Waals surface area contributed by atoms with Gasteiger partial charge in [-0.25, -0.2) is 9.59 Å². The van der Waals surface area contributed by atoms with E-state index < -0.39 is 40.9 Å². The number of hydrogen-bond donors (Lipinski definition) is 3. The third-order valence-electron chi connectivity index (χ3n) is 5.34. The van der Waals surface area contributed by atoms with Crippen molar-refractivity contribution in [1.29, 1.82) is 0 Å². The quantitative estimate of drug-likeness (QED) is 0.370. The first-order chi connectivity index (χ1) is 15.0. The number of imide groups is 2. The molecule has 1 aliphatic heterocycles. The van der Waals surface area contributed by atoms with E-state index in [4.69, 9.17) is 0 Å². The molecule has 3 N–H and O–H groups in total.